The Labute approximate surface area is 171 Å². The van der Waals surface area contributed by atoms with E-state index in [-0.39, 0.29) is 12.4 Å². The van der Waals surface area contributed by atoms with Crippen molar-refractivity contribution in [3.63, 3.8) is 0 Å². The van der Waals surface area contributed by atoms with E-state index in [0.717, 1.165) is 46.7 Å². The first-order valence-electron chi connectivity index (χ1n) is 10.1. The van der Waals surface area contributed by atoms with Gasteiger partial charge >= 0.3 is 5.97 Å². The summed E-state index contributed by atoms with van der Waals surface area (Å²) in [6, 6.07) is 12.5. The first-order chi connectivity index (χ1) is 14.1. The molecule has 0 bridgehead atoms. The van der Waals surface area contributed by atoms with Crippen LogP contribution in [0.4, 0.5) is 0 Å². The first kappa shape index (κ1) is 19.5. The smallest absolute Gasteiger partial charge is 0.309 e. The second kappa shape index (κ2) is 8.27. The number of benzene rings is 2. The summed E-state index contributed by atoms with van der Waals surface area (Å²) in [5, 5.41) is 0. The number of aliphatic imine (C=N–C) groups is 1. The molecule has 0 radical (unpaired) electrons. The van der Waals surface area contributed by atoms with Crippen molar-refractivity contribution in [1.29, 1.82) is 0 Å². The summed E-state index contributed by atoms with van der Waals surface area (Å²) in [7, 11) is 4.75. The molecule has 2 atom stereocenters. The number of hydrogen-bond acceptors (Lipinski definition) is 5. The molecule has 29 heavy (non-hydrogen) atoms. The van der Waals surface area contributed by atoms with Crippen LogP contribution >= 0.6 is 0 Å². The van der Waals surface area contributed by atoms with Gasteiger partial charge in [0.2, 0.25) is 0 Å². The van der Waals surface area contributed by atoms with Gasteiger partial charge in [0.05, 0.1) is 39.5 Å². The molecule has 5 nitrogen and oxygen atoms in total. The summed E-state index contributed by atoms with van der Waals surface area (Å²) < 4.78 is 15.9. The van der Waals surface area contributed by atoms with Crippen molar-refractivity contribution < 1.29 is 19.0 Å². The zero-order valence-electron chi connectivity index (χ0n) is 17.2. The number of nitrogens with zero attached hydrogens (tertiary/aromatic N) is 1. The van der Waals surface area contributed by atoms with Gasteiger partial charge in [-0.05, 0) is 36.1 Å². The standard InChI is InChI=1S/C24H27NO4/c1-27-21-13-18-17-6-4-5-7-20(17)25-24(19(18)14-22(21)28-2)16-10-8-15(9-11-16)12-23(26)29-3/h8-11,13-14,17,20H,4-7,12H2,1-3H3. The number of esters is 1. The van der Waals surface area contributed by atoms with Crippen molar-refractivity contribution >= 4 is 11.7 Å². The van der Waals surface area contributed by atoms with Crippen LogP contribution < -0.4 is 9.47 Å². The van der Waals surface area contributed by atoms with Gasteiger partial charge in [-0.1, -0.05) is 37.1 Å². The molecule has 2 aliphatic rings. The van der Waals surface area contributed by atoms with Crippen molar-refractivity contribution in [1.82, 2.24) is 0 Å². The quantitative estimate of drug-likeness (QED) is 0.711. The molecule has 1 saturated carbocycles. The Morgan fingerprint density at radius 1 is 1.00 bits per heavy atom. The van der Waals surface area contributed by atoms with E-state index in [2.05, 4.69) is 12.1 Å². The van der Waals surface area contributed by atoms with E-state index < -0.39 is 0 Å². The Bertz CT molecular complexity index is 933. The molecule has 5 heteroatoms. The van der Waals surface area contributed by atoms with E-state index in [4.69, 9.17) is 19.2 Å². The topological polar surface area (TPSA) is 57.1 Å². The van der Waals surface area contributed by atoms with Crippen molar-refractivity contribution in [2.24, 2.45) is 4.99 Å². The Morgan fingerprint density at radius 2 is 1.69 bits per heavy atom. The minimum atomic E-state index is -0.236. The Kier molecular flexibility index (Phi) is 5.56. The maximum Gasteiger partial charge on any atom is 0.309 e. The van der Waals surface area contributed by atoms with Gasteiger partial charge < -0.3 is 14.2 Å². The van der Waals surface area contributed by atoms with Gasteiger partial charge in [-0.3, -0.25) is 9.79 Å². The minimum Gasteiger partial charge on any atom is -0.493 e. The molecular formula is C24H27NO4. The highest BCUT2D eigenvalue weighted by Crippen LogP contribution is 2.44. The number of hydrogen-bond donors (Lipinski definition) is 0. The number of carbonyl (C=O) groups is 1. The van der Waals surface area contributed by atoms with Crippen LogP contribution in [0.25, 0.3) is 0 Å². The normalized spacial score (nSPS) is 20.2. The maximum atomic E-state index is 11.5. The van der Waals surface area contributed by atoms with Crippen LogP contribution in [-0.2, 0) is 16.0 Å². The predicted octanol–water partition coefficient (Wildman–Crippen LogP) is 4.30. The van der Waals surface area contributed by atoms with Gasteiger partial charge in [0.1, 0.15) is 0 Å². The highest BCUT2D eigenvalue weighted by Gasteiger charge is 2.34. The molecule has 1 heterocycles. The molecule has 1 fully saturated rings. The summed E-state index contributed by atoms with van der Waals surface area (Å²) in [4.78, 5) is 16.7. The second-order valence-corrected chi connectivity index (χ2v) is 7.68. The molecule has 2 unspecified atom stereocenters. The van der Waals surface area contributed by atoms with Crippen LogP contribution in [0.5, 0.6) is 11.5 Å². The highest BCUT2D eigenvalue weighted by atomic mass is 16.5. The van der Waals surface area contributed by atoms with Crippen LogP contribution in [0.3, 0.4) is 0 Å². The lowest BCUT2D eigenvalue weighted by Crippen LogP contribution is -2.29. The molecule has 0 spiro atoms. The molecule has 2 aromatic rings. The van der Waals surface area contributed by atoms with Gasteiger partial charge in [-0.25, -0.2) is 0 Å². The molecule has 0 saturated heterocycles. The van der Waals surface area contributed by atoms with Gasteiger partial charge in [-0.15, -0.1) is 0 Å². The Morgan fingerprint density at radius 3 is 2.38 bits per heavy atom. The minimum absolute atomic E-state index is 0.236. The van der Waals surface area contributed by atoms with E-state index in [1.165, 1.54) is 25.5 Å². The number of methoxy groups -OCH3 is 3. The van der Waals surface area contributed by atoms with Crippen molar-refractivity contribution in [3.05, 3.63) is 58.7 Å². The third-order valence-electron chi connectivity index (χ3n) is 6.04. The molecule has 0 N–H and O–H groups in total. The Balaban J connectivity index is 1.77. The van der Waals surface area contributed by atoms with Crippen LogP contribution in [0, 0.1) is 0 Å². The average Bonchev–Trinajstić information content (AvgIpc) is 2.78. The van der Waals surface area contributed by atoms with E-state index in [9.17, 15) is 4.79 Å². The van der Waals surface area contributed by atoms with E-state index in [1.54, 1.807) is 14.2 Å². The summed E-state index contributed by atoms with van der Waals surface area (Å²) in [6.45, 7) is 0. The predicted molar refractivity (Wildman–Crippen MR) is 112 cm³/mol. The molecule has 0 aromatic heterocycles. The monoisotopic (exact) mass is 393 g/mol. The number of ether oxygens (including phenoxy) is 3. The van der Waals surface area contributed by atoms with Crippen LogP contribution in [-0.4, -0.2) is 39.1 Å². The summed E-state index contributed by atoms with van der Waals surface area (Å²) in [5.41, 5.74) is 5.40. The largest absolute Gasteiger partial charge is 0.493 e. The van der Waals surface area contributed by atoms with Gasteiger partial charge in [0, 0.05) is 17.0 Å². The lowest BCUT2D eigenvalue weighted by atomic mass is 9.75. The molecule has 1 aliphatic carbocycles. The second-order valence-electron chi connectivity index (χ2n) is 7.68. The van der Waals surface area contributed by atoms with Gasteiger partial charge in [0.15, 0.2) is 11.5 Å². The van der Waals surface area contributed by atoms with Crippen LogP contribution in [0.1, 0.15) is 53.9 Å². The third kappa shape index (κ3) is 3.74. The SMILES string of the molecule is COC(=O)Cc1ccc(C2=NC3CCCCC3c3cc(OC)c(OC)cc32)cc1. The van der Waals surface area contributed by atoms with Crippen LogP contribution in [0.2, 0.25) is 0 Å². The summed E-state index contributed by atoms with van der Waals surface area (Å²) >= 11 is 0. The number of carbonyl (C=O) groups excluding carboxylic acids is 1. The zero-order valence-corrected chi connectivity index (χ0v) is 17.2. The van der Waals surface area contributed by atoms with E-state index in [1.807, 2.05) is 24.3 Å². The van der Waals surface area contributed by atoms with Gasteiger partial charge in [-0.2, -0.15) is 0 Å². The fourth-order valence-corrected chi connectivity index (χ4v) is 4.52. The van der Waals surface area contributed by atoms with E-state index in [0.29, 0.717) is 12.0 Å². The lowest BCUT2D eigenvalue weighted by molar-refractivity contribution is -0.139. The number of rotatable bonds is 5. The van der Waals surface area contributed by atoms with Crippen molar-refractivity contribution in [2.75, 3.05) is 21.3 Å². The van der Waals surface area contributed by atoms with Crippen molar-refractivity contribution in [2.45, 2.75) is 44.1 Å². The Hall–Kier alpha value is -2.82. The fourth-order valence-electron chi connectivity index (χ4n) is 4.52. The number of fused-ring (bicyclic) bond motifs is 3. The molecule has 0 amide bonds. The summed E-state index contributed by atoms with van der Waals surface area (Å²) in [6.07, 6.45) is 5.00. The molecular weight excluding hydrogens is 366 g/mol. The van der Waals surface area contributed by atoms with Crippen LogP contribution in [0.15, 0.2) is 41.4 Å². The lowest BCUT2D eigenvalue weighted by Gasteiger charge is -2.35. The molecule has 2 aromatic carbocycles. The third-order valence-corrected chi connectivity index (χ3v) is 6.04. The first-order valence-corrected chi connectivity index (χ1v) is 10.1. The average molecular weight is 393 g/mol. The van der Waals surface area contributed by atoms with Gasteiger partial charge in [0.25, 0.3) is 0 Å². The van der Waals surface area contributed by atoms with E-state index >= 15 is 0 Å². The molecule has 152 valence electrons. The highest BCUT2D eigenvalue weighted by molar-refractivity contribution is 6.15. The maximum absolute atomic E-state index is 11.5. The fraction of sp³-hybridized carbons (Fsp3) is 0.417. The molecule has 4 rings (SSSR count). The molecule has 1 aliphatic heterocycles. The van der Waals surface area contributed by atoms with Crippen molar-refractivity contribution in [3.8, 4) is 11.5 Å². The zero-order chi connectivity index (χ0) is 20.4. The summed E-state index contributed by atoms with van der Waals surface area (Å²) in [5.74, 6) is 1.68.